The summed E-state index contributed by atoms with van der Waals surface area (Å²) in [4.78, 5) is 0. The average molecular weight is 352 g/mol. The van der Waals surface area contributed by atoms with E-state index in [1.807, 2.05) is 0 Å². The maximum Gasteiger partial charge on any atom is 0.0929 e. The van der Waals surface area contributed by atoms with Crippen molar-refractivity contribution in [3.05, 3.63) is 24.3 Å². The first kappa shape index (κ1) is 15.6. The smallest absolute Gasteiger partial charge is 0.0929 e. The van der Waals surface area contributed by atoms with Crippen molar-refractivity contribution in [2.24, 2.45) is 0 Å². The monoisotopic (exact) mass is 352 g/mol. The lowest BCUT2D eigenvalue weighted by Gasteiger charge is -2.19. The molecule has 15 heavy (non-hydrogen) atoms. The van der Waals surface area contributed by atoms with E-state index in [1.165, 1.54) is 0 Å². The van der Waals surface area contributed by atoms with E-state index >= 15 is 0 Å². The van der Waals surface area contributed by atoms with Gasteiger partial charge in [0.25, 0.3) is 0 Å². The zero-order valence-corrected chi connectivity index (χ0v) is 14.7. The SMILES string of the molecule is C[Si](C)(C)c1cccc([P+](C)(C)C)c1.[I-]. The van der Waals surface area contributed by atoms with Gasteiger partial charge in [0, 0.05) is 7.26 Å². The summed E-state index contributed by atoms with van der Waals surface area (Å²) in [5.74, 6) is 0. The predicted molar refractivity (Wildman–Crippen MR) is 73.7 cm³/mol. The van der Waals surface area contributed by atoms with Gasteiger partial charge in [0.1, 0.15) is 0 Å². The topological polar surface area (TPSA) is 0 Å². The average Bonchev–Trinajstić information content (AvgIpc) is 2.01. The molecule has 0 aliphatic carbocycles. The van der Waals surface area contributed by atoms with Gasteiger partial charge in [-0.15, -0.1) is 0 Å². The van der Waals surface area contributed by atoms with Crippen LogP contribution in [0.5, 0.6) is 0 Å². The largest absolute Gasteiger partial charge is 1.00 e. The summed E-state index contributed by atoms with van der Waals surface area (Å²) in [6.07, 6.45) is 0. The minimum Gasteiger partial charge on any atom is -1.00 e. The molecule has 0 saturated heterocycles. The minimum atomic E-state index is -1.13. The van der Waals surface area contributed by atoms with E-state index < -0.39 is 15.3 Å². The molecule has 1 aromatic carbocycles. The number of hydrogen-bond acceptors (Lipinski definition) is 0. The number of hydrogen-bond donors (Lipinski definition) is 0. The molecule has 0 aliphatic rings. The van der Waals surface area contributed by atoms with Gasteiger partial charge in [-0.3, -0.25) is 0 Å². The Bertz CT molecular complexity index is 294. The van der Waals surface area contributed by atoms with Crippen LogP contribution in [-0.2, 0) is 0 Å². The van der Waals surface area contributed by atoms with Crippen molar-refractivity contribution >= 4 is 25.8 Å². The Morgan fingerprint density at radius 2 is 1.53 bits per heavy atom. The molecular formula is C12H22IPSi. The van der Waals surface area contributed by atoms with Crippen molar-refractivity contribution in [2.75, 3.05) is 20.0 Å². The first-order chi connectivity index (χ1) is 6.21. The van der Waals surface area contributed by atoms with Crippen LogP contribution in [-0.4, -0.2) is 28.1 Å². The fraction of sp³-hybridized carbons (Fsp3) is 0.500. The molecule has 0 radical (unpaired) electrons. The summed E-state index contributed by atoms with van der Waals surface area (Å²) in [5.41, 5.74) is 0. The van der Waals surface area contributed by atoms with Crippen molar-refractivity contribution in [3.63, 3.8) is 0 Å². The van der Waals surface area contributed by atoms with Crippen LogP contribution in [0.1, 0.15) is 0 Å². The van der Waals surface area contributed by atoms with E-state index in [1.54, 1.807) is 10.5 Å². The predicted octanol–water partition coefficient (Wildman–Crippen LogP) is -0.232. The first-order valence-corrected chi connectivity index (χ1v) is 11.8. The maximum absolute atomic E-state index is 2.44. The van der Waals surface area contributed by atoms with Crippen molar-refractivity contribution in [1.29, 1.82) is 0 Å². The molecule has 0 spiro atoms. The van der Waals surface area contributed by atoms with Crippen LogP contribution in [0, 0.1) is 0 Å². The molecule has 3 heteroatoms. The third kappa shape index (κ3) is 4.54. The lowest BCUT2D eigenvalue weighted by atomic mass is 10.4. The minimum absolute atomic E-state index is 0. The van der Waals surface area contributed by atoms with Crippen LogP contribution in [0.2, 0.25) is 19.6 Å². The molecule has 0 heterocycles. The summed E-state index contributed by atoms with van der Waals surface area (Å²) >= 11 is 0. The Labute approximate surface area is 113 Å². The highest BCUT2D eigenvalue weighted by molar-refractivity contribution is 7.80. The van der Waals surface area contributed by atoms with Gasteiger partial charge < -0.3 is 24.0 Å². The van der Waals surface area contributed by atoms with Crippen LogP contribution >= 0.6 is 7.26 Å². The normalized spacial score (nSPS) is 12.1. The van der Waals surface area contributed by atoms with Gasteiger partial charge in [0.05, 0.1) is 33.4 Å². The summed E-state index contributed by atoms with van der Waals surface area (Å²) < 4.78 is 0. The highest BCUT2D eigenvalue weighted by Gasteiger charge is 2.24. The molecule has 0 fully saturated rings. The zero-order chi connectivity index (χ0) is 11.0. The molecule has 0 nitrogen and oxygen atoms in total. The number of rotatable bonds is 2. The summed E-state index contributed by atoms with van der Waals surface area (Å²) in [5, 5.41) is 3.15. The fourth-order valence-corrected chi connectivity index (χ4v) is 3.76. The lowest BCUT2D eigenvalue weighted by molar-refractivity contribution is -0.00000338. The molecule has 0 aromatic heterocycles. The van der Waals surface area contributed by atoms with Crippen molar-refractivity contribution < 1.29 is 24.0 Å². The Balaban J connectivity index is 0.00000196. The van der Waals surface area contributed by atoms with Crippen LogP contribution in [0.25, 0.3) is 0 Å². The van der Waals surface area contributed by atoms with E-state index in [0.29, 0.717) is 0 Å². The van der Waals surface area contributed by atoms with Gasteiger partial charge in [-0.05, 0) is 12.1 Å². The third-order valence-electron chi connectivity index (χ3n) is 2.49. The maximum atomic E-state index is 2.44. The molecule has 0 N–H and O–H groups in total. The quantitative estimate of drug-likeness (QED) is 0.392. The highest BCUT2D eigenvalue weighted by Crippen LogP contribution is 2.44. The van der Waals surface area contributed by atoms with Gasteiger partial charge in [-0.2, -0.15) is 0 Å². The van der Waals surface area contributed by atoms with Gasteiger partial charge in [-0.25, -0.2) is 0 Å². The van der Waals surface area contributed by atoms with E-state index in [4.69, 9.17) is 0 Å². The Morgan fingerprint density at radius 3 is 1.93 bits per heavy atom. The summed E-state index contributed by atoms with van der Waals surface area (Å²) in [7, 11) is -1.97. The molecule has 1 rings (SSSR count). The van der Waals surface area contributed by atoms with E-state index in [0.717, 1.165) is 0 Å². The van der Waals surface area contributed by atoms with Gasteiger partial charge in [0.2, 0.25) is 0 Å². The van der Waals surface area contributed by atoms with Gasteiger partial charge in [0.15, 0.2) is 0 Å². The number of benzene rings is 1. The highest BCUT2D eigenvalue weighted by atomic mass is 127. The van der Waals surface area contributed by atoms with E-state index in [2.05, 4.69) is 63.9 Å². The Kier molecular flexibility index (Phi) is 5.50. The molecule has 0 saturated carbocycles. The van der Waals surface area contributed by atoms with Crippen molar-refractivity contribution in [3.8, 4) is 0 Å². The number of halogens is 1. The van der Waals surface area contributed by atoms with E-state index in [9.17, 15) is 0 Å². The zero-order valence-electron chi connectivity index (χ0n) is 10.6. The van der Waals surface area contributed by atoms with E-state index in [-0.39, 0.29) is 24.0 Å². The fourth-order valence-electron chi connectivity index (χ4n) is 1.39. The van der Waals surface area contributed by atoms with Crippen molar-refractivity contribution in [2.45, 2.75) is 19.6 Å². The second-order valence-electron chi connectivity index (χ2n) is 5.81. The molecule has 0 unspecified atom stereocenters. The second-order valence-corrected chi connectivity index (χ2v) is 15.4. The standard InChI is InChI=1S/C12H22PSi.HI/c1-13(2,3)11-8-7-9-12(10-11)14(4,5)6;/h7-10H,1-6H3;1H/q+1;/p-1. The molecule has 0 bridgehead atoms. The van der Waals surface area contributed by atoms with Gasteiger partial charge in [-0.1, -0.05) is 37.0 Å². The molecular weight excluding hydrogens is 330 g/mol. The van der Waals surface area contributed by atoms with Crippen LogP contribution < -0.4 is 34.5 Å². The second kappa shape index (κ2) is 5.28. The summed E-state index contributed by atoms with van der Waals surface area (Å²) in [6, 6.07) is 9.26. The molecule has 0 amide bonds. The molecule has 0 aliphatic heterocycles. The van der Waals surface area contributed by atoms with Crippen LogP contribution in [0.3, 0.4) is 0 Å². The van der Waals surface area contributed by atoms with Gasteiger partial charge >= 0.3 is 0 Å². The van der Waals surface area contributed by atoms with Crippen LogP contribution in [0.4, 0.5) is 0 Å². The Morgan fingerprint density at radius 1 is 1.00 bits per heavy atom. The van der Waals surface area contributed by atoms with Crippen molar-refractivity contribution in [1.82, 2.24) is 0 Å². The molecule has 1 aromatic rings. The van der Waals surface area contributed by atoms with Crippen LogP contribution in [0.15, 0.2) is 24.3 Å². The Hall–Kier alpha value is 0.597. The lowest BCUT2D eigenvalue weighted by Crippen LogP contribution is -3.00. The summed E-state index contributed by atoms with van der Waals surface area (Å²) in [6.45, 7) is 14.4. The third-order valence-corrected chi connectivity index (χ3v) is 6.36. The first-order valence-electron chi connectivity index (χ1n) is 5.14. The molecule has 0 atom stereocenters. The molecule has 86 valence electrons.